The van der Waals surface area contributed by atoms with E-state index >= 15 is 0 Å². The fraction of sp³-hybridized carbons (Fsp3) is 1.00. The highest BCUT2D eigenvalue weighted by molar-refractivity contribution is 6.58. The van der Waals surface area contributed by atoms with E-state index in [-0.39, 0.29) is 5.91 Å². The molecule has 0 spiro atoms. The van der Waals surface area contributed by atoms with Crippen molar-refractivity contribution in [3.8, 4) is 0 Å². The first-order valence-electron chi connectivity index (χ1n) is 5.31. The summed E-state index contributed by atoms with van der Waals surface area (Å²) < 4.78 is 10.5. The third-order valence-electron chi connectivity index (χ3n) is 2.44. The first-order chi connectivity index (χ1) is 6.26. The van der Waals surface area contributed by atoms with E-state index in [0.717, 1.165) is 0 Å². The quantitative estimate of drug-likeness (QED) is 0.344. The second-order valence-corrected chi connectivity index (χ2v) is 6.74. The van der Waals surface area contributed by atoms with Crippen molar-refractivity contribution in [3.63, 3.8) is 0 Å². The first kappa shape index (κ1) is 13.1. The molecule has 0 aromatic rings. The Morgan fingerprint density at radius 1 is 1.08 bits per heavy atom. The number of hydrogen-bond acceptors (Lipinski definition) is 2. The topological polar surface area (TPSA) is 18.5 Å². The second kappa shape index (κ2) is 8.72. The lowest BCUT2D eigenvalue weighted by Crippen LogP contribution is -2.31. The maximum Gasteiger partial charge on any atom is 0.137 e. The Bertz CT molecular complexity index is 105. The van der Waals surface area contributed by atoms with Crippen molar-refractivity contribution in [2.45, 2.75) is 51.1 Å². The molecular weight excluding hydrogens is 180 g/mol. The molecule has 0 bridgehead atoms. The van der Waals surface area contributed by atoms with Crippen molar-refractivity contribution in [2.24, 2.45) is 0 Å². The highest BCUT2D eigenvalue weighted by atomic mass is 28.3. The van der Waals surface area contributed by atoms with Crippen molar-refractivity contribution in [1.29, 1.82) is 0 Å². The summed E-state index contributed by atoms with van der Waals surface area (Å²) in [4.78, 5) is 0. The monoisotopic (exact) mass is 204 g/mol. The third kappa shape index (κ3) is 6.24. The minimum Gasteiger partial charge on any atom is -0.360 e. The lowest BCUT2D eigenvalue weighted by Gasteiger charge is -2.19. The minimum atomic E-state index is -0.804. The molecule has 0 aliphatic rings. The molecule has 1 unspecified atom stereocenters. The molecular formula is C10H24O2Si. The van der Waals surface area contributed by atoms with Crippen LogP contribution in [0.1, 0.15) is 32.6 Å². The van der Waals surface area contributed by atoms with Crippen LogP contribution in [0, 0.1) is 0 Å². The number of unbranched alkanes of at least 4 members (excludes halogenated alkanes) is 3. The van der Waals surface area contributed by atoms with Gasteiger partial charge in [-0.2, -0.15) is 0 Å². The molecule has 3 heteroatoms. The largest absolute Gasteiger partial charge is 0.360 e. The van der Waals surface area contributed by atoms with Crippen LogP contribution in [-0.2, 0) is 9.47 Å². The van der Waals surface area contributed by atoms with Crippen molar-refractivity contribution in [2.75, 3.05) is 14.2 Å². The lowest BCUT2D eigenvalue weighted by molar-refractivity contribution is -0.0469. The molecule has 0 saturated carbocycles. The third-order valence-corrected chi connectivity index (χ3v) is 5.23. The van der Waals surface area contributed by atoms with Gasteiger partial charge in [0.1, 0.15) is 14.7 Å². The van der Waals surface area contributed by atoms with Crippen LogP contribution in [0.15, 0.2) is 0 Å². The summed E-state index contributed by atoms with van der Waals surface area (Å²) in [6.07, 6.45) is 5.40. The zero-order chi connectivity index (χ0) is 10.1. The fourth-order valence-electron chi connectivity index (χ4n) is 1.59. The Balaban J connectivity index is 3.42. The summed E-state index contributed by atoms with van der Waals surface area (Å²) in [6.45, 7) is 4.57. The molecule has 0 N–H and O–H groups in total. The SMILES string of the molecule is CCCCCC[SiH](C)C(OC)OC. The van der Waals surface area contributed by atoms with Gasteiger partial charge in [-0.25, -0.2) is 0 Å². The van der Waals surface area contributed by atoms with Crippen LogP contribution >= 0.6 is 0 Å². The predicted octanol–water partition coefficient (Wildman–Crippen LogP) is 2.58. The summed E-state index contributed by atoms with van der Waals surface area (Å²) in [7, 11) is 2.68. The lowest BCUT2D eigenvalue weighted by atomic mass is 10.2. The highest BCUT2D eigenvalue weighted by Crippen LogP contribution is 2.10. The molecule has 0 aliphatic carbocycles. The molecule has 0 amide bonds. The zero-order valence-electron chi connectivity index (χ0n) is 9.51. The number of rotatable bonds is 8. The van der Waals surface area contributed by atoms with Gasteiger partial charge in [0.25, 0.3) is 0 Å². The summed E-state index contributed by atoms with van der Waals surface area (Å²) in [5, 5.41) is 0. The van der Waals surface area contributed by atoms with Crippen LogP contribution in [0.2, 0.25) is 12.6 Å². The molecule has 0 heterocycles. The second-order valence-electron chi connectivity index (χ2n) is 3.67. The Labute approximate surface area is 84.2 Å². The van der Waals surface area contributed by atoms with Crippen molar-refractivity contribution in [3.05, 3.63) is 0 Å². The van der Waals surface area contributed by atoms with Crippen LogP contribution in [0.25, 0.3) is 0 Å². The Morgan fingerprint density at radius 3 is 2.15 bits per heavy atom. The molecule has 1 atom stereocenters. The van der Waals surface area contributed by atoms with Gasteiger partial charge >= 0.3 is 0 Å². The minimum absolute atomic E-state index is 0.113. The van der Waals surface area contributed by atoms with E-state index in [1.807, 2.05) is 0 Å². The number of methoxy groups -OCH3 is 2. The van der Waals surface area contributed by atoms with E-state index < -0.39 is 8.80 Å². The van der Waals surface area contributed by atoms with Crippen LogP contribution in [0.4, 0.5) is 0 Å². The van der Waals surface area contributed by atoms with E-state index in [4.69, 9.17) is 9.47 Å². The van der Waals surface area contributed by atoms with Gasteiger partial charge in [0, 0.05) is 14.2 Å². The fourth-order valence-corrected chi connectivity index (χ4v) is 3.72. The van der Waals surface area contributed by atoms with Gasteiger partial charge < -0.3 is 9.47 Å². The Morgan fingerprint density at radius 2 is 1.69 bits per heavy atom. The molecule has 0 saturated heterocycles. The molecule has 2 nitrogen and oxygen atoms in total. The van der Waals surface area contributed by atoms with Crippen LogP contribution in [0.5, 0.6) is 0 Å². The van der Waals surface area contributed by atoms with E-state index in [2.05, 4.69) is 13.5 Å². The maximum atomic E-state index is 5.26. The highest BCUT2D eigenvalue weighted by Gasteiger charge is 2.16. The molecule has 0 radical (unpaired) electrons. The normalized spacial score (nSPS) is 13.6. The standard InChI is InChI=1S/C10H24O2Si/c1-5-6-7-8-9-13(4)10(11-2)12-3/h10,13H,5-9H2,1-4H3. The van der Waals surface area contributed by atoms with Gasteiger partial charge in [0.15, 0.2) is 0 Å². The van der Waals surface area contributed by atoms with Crippen LogP contribution in [-0.4, -0.2) is 28.9 Å². The molecule has 80 valence electrons. The Hall–Kier alpha value is 0.137. The van der Waals surface area contributed by atoms with Gasteiger partial charge in [0.05, 0.1) is 0 Å². The van der Waals surface area contributed by atoms with Gasteiger partial charge in [-0.15, -0.1) is 0 Å². The predicted molar refractivity (Wildman–Crippen MR) is 59.8 cm³/mol. The average molecular weight is 204 g/mol. The molecule has 0 rings (SSSR count). The average Bonchev–Trinajstić information content (AvgIpc) is 2.14. The number of ether oxygens (including phenoxy) is 2. The van der Waals surface area contributed by atoms with E-state index in [1.165, 1.54) is 31.7 Å². The van der Waals surface area contributed by atoms with Gasteiger partial charge in [0.2, 0.25) is 0 Å². The summed E-state index contributed by atoms with van der Waals surface area (Å²) in [5.74, 6) is 0.113. The van der Waals surface area contributed by atoms with Gasteiger partial charge in [-0.3, -0.25) is 0 Å². The van der Waals surface area contributed by atoms with E-state index in [0.29, 0.717) is 0 Å². The Kier molecular flexibility index (Phi) is 8.81. The van der Waals surface area contributed by atoms with Crippen molar-refractivity contribution < 1.29 is 9.47 Å². The first-order valence-corrected chi connectivity index (χ1v) is 7.95. The summed E-state index contributed by atoms with van der Waals surface area (Å²) in [5.41, 5.74) is 0. The molecule has 13 heavy (non-hydrogen) atoms. The molecule has 0 aliphatic heterocycles. The molecule has 0 fully saturated rings. The van der Waals surface area contributed by atoms with E-state index in [1.54, 1.807) is 14.2 Å². The maximum absolute atomic E-state index is 5.26. The van der Waals surface area contributed by atoms with Gasteiger partial charge in [-0.1, -0.05) is 45.2 Å². The smallest absolute Gasteiger partial charge is 0.137 e. The van der Waals surface area contributed by atoms with E-state index in [9.17, 15) is 0 Å². The summed E-state index contributed by atoms with van der Waals surface area (Å²) >= 11 is 0. The number of hydrogen-bond donors (Lipinski definition) is 0. The van der Waals surface area contributed by atoms with Crippen molar-refractivity contribution in [1.82, 2.24) is 0 Å². The molecule has 0 aromatic heterocycles. The van der Waals surface area contributed by atoms with Gasteiger partial charge in [-0.05, 0) is 0 Å². The van der Waals surface area contributed by atoms with Crippen molar-refractivity contribution >= 4 is 8.80 Å². The van der Waals surface area contributed by atoms with Crippen LogP contribution in [0.3, 0.4) is 0 Å². The van der Waals surface area contributed by atoms with Crippen LogP contribution < -0.4 is 0 Å². The summed E-state index contributed by atoms with van der Waals surface area (Å²) in [6, 6.07) is 1.34. The zero-order valence-corrected chi connectivity index (χ0v) is 10.7. The molecule has 0 aromatic carbocycles.